The molecule has 1 atom stereocenters. The molecule has 5 rings (SSSR count). The summed E-state index contributed by atoms with van der Waals surface area (Å²) in [6.07, 6.45) is 10.3. The minimum Gasteiger partial charge on any atom is -0.361 e. The molecule has 2 N–H and O–H groups in total. The predicted octanol–water partition coefficient (Wildman–Crippen LogP) is 3.59. The number of aryl methyl sites for hydroxylation is 1. The molecular formula is C25H30N6. The van der Waals surface area contributed by atoms with Gasteiger partial charge in [-0.1, -0.05) is 30.3 Å². The number of benzene rings is 2. The van der Waals surface area contributed by atoms with Crippen molar-refractivity contribution in [1.82, 2.24) is 30.0 Å². The molecule has 2 aromatic carbocycles. The Kier molecular flexibility index (Phi) is 6.09. The van der Waals surface area contributed by atoms with Gasteiger partial charge in [-0.2, -0.15) is 0 Å². The Labute approximate surface area is 183 Å². The molecule has 6 heteroatoms. The van der Waals surface area contributed by atoms with Gasteiger partial charge in [0.25, 0.3) is 0 Å². The first-order valence-corrected chi connectivity index (χ1v) is 11.3. The lowest BCUT2D eigenvalue weighted by molar-refractivity contribution is 0.153. The SMILES string of the molecule is c1ccc(CCN2CCNCC2CCCc2c[nH]c3ccc(-n4cnnc4)cc23)cc1. The fraction of sp³-hybridized carbons (Fsp3) is 0.360. The summed E-state index contributed by atoms with van der Waals surface area (Å²) in [6.45, 7) is 4.48. The predicted molar refractivity (Wildman–Crippen MR) is 125 cm³/mol. The van der Waals surface area contributed by atoms with Gasteiger partial charge in [0.15, 0.2) is 0 Å². The molecule has 0 aliphatic carbocycles. The van der Waals surface area contributed by atoms with Crippen molar-refractivity contribution in [2.75, 3.05) is 26.2 Å². The molecule has 3 heterocycles. The van der Waals surface area contributed by atoms with E-state index in [9.17, 15) is 0 Å². The molecule has 0 saturated carbocycles. The van der Waals surface area contributed by atoms with E-state index in [0.717, 1.165) is 44.7 Å². The molecule has 31 heavy (non-hydrogen) atoms. The molecule has 1 aliphatic rings. The fourth-order valence-corrected chi connectivity index (χ4v) is 4.70. The topological polar surface area (TPSA) is 61.8 Å². The molecule has 1 aliphatic heterocycles. The third-order valence-electron chi connectivity index (χ3n) is 6.45. The van der Waals surface area contributed by atoms with Gasteiger partial charge in [0.05, 0.1) is 0 Å². The number of rotatable bonds is 8. The first kappa shape index (κ1) is 20.0. The van der Waals surface area contributed by atoms with Gasteiger partial charge in [0.1, 0.15) is 12.7 Å². The number of hydrogen-bond donors (Lipinski definition) is 2. The van der Waals surface area contributed by atoms with Crippen LogP contribution >= 0.6 is 0 Å². The van der Waals surface area contributed by atoms with E-state index in [1.807, 2.05) is 4.57 Å². The summed E-state index contributed by atoms with van der Waals surface area (Å²) in [5.41, 5.74) is 5.12. The maximum Gasteiger partial charge on any atom is 0.123 e. The van der Waals surface area contributed by atoms with Gasteiger partial charge in [-0.15, -0.1) is 10.2 Å². The van der Waals surface area contributed by atoms with Gasteiger partial charge in [-0.05, 0) is 55.0 Å². The standard InChI is InChI=1S/C25H30N6/c1-2-5-20(6-3-1)11-13-30-14-12-26-17-23(30)8-4-7-21-16-27-25-10-9-22(15-24(21)25)31-18-28-29-19-31/h1-3,5-6,9-10,15-16,18-19,23,26-27H,4,7-8,11-14,17H2. The summed E-state index contributed by atoms with van der Waals surface area (Å²) >= 11 is 0. The van der Waals surface area contributed by atoms with E-state index < -0.39 is 0 Å². The number of nitrogens with one attached hydrogen (secondary N) is 2. The minimum atomic E-state index is 0.621. The molecule has 0 bridgehead atoms. The van der Waals surface area contributed by atoms with E-state index in [2.05, 4.69) is 80.1 Å². The van der Waals surface area contributed by atoms with Crippen LogP contribution in [-0.4, -0.2) is 56.9 Å². The van der Waals surface area contributed by atoms with Gasteiger partial charge in [-0.25, -0.2) is 0 Å². The van der Waals surface area contributed by atoms with E-state index in [1.54, 1.807) is 12.7 Å². The van der Waals surface area contributed by atoms with E-state index >= 15 is 0 Å². The third-order valence-corrected chi connectivity index (χ3v) is 6.45. The van der Waals surface area contributed by atoms with Gasteiger partial charge in [0.2, 0.25) is 0 Å². The largest absolute Gasteiger partial charge is 0.361 e. The lowest BCUT2D eigenvalue weighted by atomic mass is 10.0. The number of H-pyrrole nitrogens is 1. The van der Waals surface area contributed by atoms with Crippen LogP contribution in [0.1, 0.15) is 24.0 Å². The van der Waals surface area contributed by atoms with Crippen LogP contribution in [0.25, 0.3) is 16.6 Å². The molecule has 2 aromatic heterocycles. The highest BCUT2D eigenvalue weighted by Crippen LogP contribution is 2.24. The van der Waals surface area contributed by atoms with Crippen molar-refractivity contribution >= 4 is 10.9 Å². The molecule has 0 spiro atoms. The highest BCUT2D eigenvalue weighted by Gasteiger charge is 2.21. The highest BCUT2D eigenvalue weighted by atomic mass is 15.2. The molecule has 6 nitrogen and oxygen atoms in total. The number of fused-ring (bicyclic) bond motifs is 1. The highest BCUT2D eigenvalue weighted by molar-refractivity contribution is 5.85. The maximum absolute atomic E-state index is 3.93. The number of aromatic amines is 1. The van der Waals surface area contributed by atoms with Crippen LogP contribution in [0.3, 0.4) is 0 Å². The molecule has 4 aromatic rings. The lowest BCUT2D eigenvalue weighted by Crippen LogP contribution is -2.51. The Bertz CT molecular complexity index is 1090. The Morgan fingerprint density at radius 3 is 2.74 bits per heavy atom. The van der Waals surface area contributed by atoms with Gasteiger partial charge < -0.3 is 10.3 Å². The second kappa shape index (κ2) is 9.45. The Morgan fingerprint density at radius 2 is 1.87 bits per heavy atom. The lowest BCUT2D eigenvalue weighted by Gasteiger charge is -2.36. The van der Waals surface area contributed by atoms with Gasteiger partial charge in [0, 0.05) is 55.0 Å². The summed E-state index contributed by atoms with van der Waals surface area (Å²) in [7, 11) is 0. The molecule has 160 valence electrons. The summed E-state index contributed by atoms with van der Waals surface area (Å²) in [5.74, 6) is 0. The third kappa shape index (κ3) is 4.70. The molecule has 1 unspecified atom stereocenters. The minimum absolute atomic E-state index is 0.621. The van der Waals surface area contributed by atoms with Crippen LogP contribution in [-0.2, 0) is 12.8 Å². The number of nitrogens with zero attached hydrogens (tertiary/aromatic N) is 4. The van der Waals surface area contributed by atoms with E-state index in [-0.39, 0.29) is 0 Å². The summed E-state index contributed by atoms with van der Waals surface area (Å²) in [5, 5.41) is 12.7. The van der Waals surface area contributed by atoms with Crippen molar-refractivity contribution in [2.45, 2.75) is 31.7 Å². The van der Waals surface area contributed by atoms with Crippen LogP contribution < -0.4 is 5.32 Å². The van der Waals surface area contributed by atoms with Crippen molar-refractivity contribution in [3.8, 4) is 5.69 Å². The van der Waals surface area contributed by atoms with Crippen LogP contribution in [0.2, 0.25) is 0 Å². The summed E-state index contributed by atoms with van der Waals surface area (Å²) in [4.78, 5) is 6.12. The van der Waals surface area contributed by atoms with Crippen molar-refractivity contribution in [3.63, 3.8) is 0 Å². The first-order chi connectivity index (χ1) is 15.4. The number of aromatic nitrogens is 4. The van der Waals surface area contributed by atoms with Crippen molar-refractivity contribution in [1.29, 1.82) is 0 Å². The molecule has 0 radical (unpaired) electrons. The smallest absolute Gasteiger partial charge is 0.123 e. The van der Waals surface area contributed by atoms with E-state index in [4.69, 9.17) is 0 Å². The average molecular weight is 415 g/mol. The Hall–Kier alpha value is -2.96. The number of hydrogen-bond acceptors (Lipinski definition) is 4. The fourth-order valence-electron chi connectivity index (χ4n) is 4.70. The molecular weight excluding hydrogens is 384 g/mol. The zero-order valence-corrected chi connectivity index (χ0v) is 17.9. The normalized spacial score (nSPS) is 17.4. The molecule has 0 amide bonds. The van der Waals surface area contributed by atoms with Gasteiger partial charge >= 0.3 is 0 Å². The van der Waals surface area contributed by atoms with Crippen LogP contribution in [0, 0.1) is 0 Å². The monoisotopic (exact) mass is 414 g/mol. The van der Waals surface area contributed by atoms with Crippen molar-refractivity contribution in [2.24, 2.45) is 0 Å². The molecule has 1 fully saturated rings. The van der Waals surface area contributed by atoms with E-state index in [0.29, 0.717) is 6.04 Å². The average Bonchev–Trinajstić information content (AvgIpc) is 3.49. The Morgan fingerprint density at radius 1 is 1.00 bits per heavy atom. The van der Waals surface area contributed by atoms with Gasteiger partial charge in [-0.3, -0.25) is 9.47 Å². The zero-order chi connectivity index (χ0) is 20.9. The van der Waals surface area contributed by atoms with Crippen molar-refractivity contribution < 1.29 is 0 Å². The Balaban J connectivity index is 1.20. The second-order valence-corrected chi connectivity index (χ2v) is 8.43. The summed E-state index contributed by atoms with van der Waals surface area (Å²) in [6, 6.07) is 18.0. The van der Waals surface area contributed by atoms with Crippen molar-refractivity contribution in [3.05, 3.63) is 78.5 Å². The second-order valence-electron chi connectivity index (χ2n) is 8.43. The number of piperazine rings is 1. The molecule has 1 saturated heterocycles. The van der Waals surface area contributed by atoms with Crippen LogP contribution in [0.15, 0.2) is 67.4 Å². The van der Waals surface area contributed by atoms with E-state index in [1.165, 1.54) is 34.9 Å². The first-order valence-electron chi connectivity index (χ1n) is 11.3. The maximum atomic E-state index is 3.93. The quantitative estimate of drug-likeness (QED) is 0.463. The zero-order valence-electron chi connectivity index (χ0n) is 17.9. The van der Waals surface area contributed by atoms with Crippen LogP contribution in [0.4, 0.5) is 0 Å². The van der Waals surface area contributed by atoms with Crippen LogP contribution in [0.5, 0.6) is 0 Å². The summed E-state index contributed by atoms with van der Waals surface area (Å²) < 4.78 is 1.95.